The number of nitrogens with one attached hydrogen (secondary N) is 1. The highest BCUT2D eigenvalue weighted by atomic mass is 16.5. The van der Waals surface area contributed by atoms with Gasteiger partial charge < -0.3 is 19.9 Å². The topological polar surface area (TPSA) is 84.9 Å². The Morgan fingerprint density at radius 3 is 2.31 bits per heavy atom. The number of amides is 1. The molecular formula is C20H21NO5. The van der Waals surface area contributed by atoms with E-state index in [4.69, 9.17) is 14.6 Å². The Morgan fingerprint density at radius 2 is 1.65 bits per heavy atom. The van der Waals surface area contributed by atoms with Gasteiger partial charge in [0, 0.05) is 6.08 Å². The number of rotatable bonds is 8. The summed E-state index contributed by atoms with van der Waals surface area (Å²) < 4.78 is 11.2. The van der Waals surface area contributed by atoms with E-state index in [1.54, 1.807) is 24.3 Å². The standard InChI is InChI=1S/C20H21NO5/c1-14(2)13-19(22)21-17-5-3-4-6-18(17)26-12-11-25-16-9-7-15(8-10-16)20(23)24/h3-10,13H,11-12H2,1-2H3,(H,21,22)(H,23,24). The number of benzene rings is 2. The van der Waals surface area contributed by atoms with Gasteiger partial charge in [0.25, 0.3) is 0 Å². The molecule has 2 aromatic rings. The van der Waals surface area contributed by atoms with Crippen LogP contribution < -0.4 is 14.8 Å². The SMILES string of the molecule is CC(C)=CC(=O)Nc1ccccc1OCCOc1ccc(C(=O)O)cc1. The van der Waals surface area contributed by atoms with Crippen molar-refractivity contribution in [3.8, 4) is 11.5 Å². The van der Waals surface area contributed by atoms with E-state index in [1.165, 1.54) is 18.2 Å². The Bertz CT molecular complexity index is 792. The molecule has 0 heterocycles. The number of hydrogen-bond donors (Lipinski definition) is 2. The normalized spacial score (nSPS) is 9.92. The number of para-hydroxylation sites is 2. The summed E-state index contributed by atoms with van der Waals surface area (Å²) in [4.78, 5) is 22.7. The smallest absolute Gasteiger partial charge is 0.335 e. The molecule has 0 radical (unpaired) electrons. The Kier molecular flexibility index (Phi) is 6.79. The van der Waals surface area contributed by atoms with E-state index in [0.717, 1.165) is 5.57 Å². The molecule has 1 amide bonds. The third-order valence-electron chi connectivity index (χ3n) is 3.28. The molecule has 0 atom stereocenters. The molecule has 6 heteroatoms. The van der Waals surface area contributed by atoms with Crippen molar-refractivity contribution in [2.45, 2.75) is 13.8 Å². The average Bonchev–Trinajstić information content (AvgIpc) is 2.59. The minimum absolute atomic E-state index is 0.203. The second kappa shape index (κ2) is 9.27. The molecule has 2 rings (SSSR count). The van der Waals surface area contributed by atoms with Gasteiger partial charge in [0.05, 0.1) is 11.3 Å². The number of anilines is 1. The summed E-state index contributed by atoms with van der Waals surface area (Å²) in [6, 6.07) is 13.3. The lowest BCUT2D eigenvalue weighted by molar-refractivity contribution is -0.112. The molecule has 0 aromatic heterocycles. The summed E-state index contributed by atoms with van der Waals surface area (Å²) in [5, 5.41) is 11.6. The summed E-state index contributed by atoms with van der Waals surface area (Å²) >= 11 is 0. The molecule has 0 aliphatic heterocycles. The van der Waals surface area contributed by atoms with Gasteiger partial charge in [-0.1, -0.05) is 17.7 Å². The quantitative estimate of drug-likeness (QED) is 0.556. The molecular weight excluding hydrogens is 334 g/mol. The number of carboxylic acid groups (broad SMARTS) is 1. The summed E-state index contributed by atoms with van der Waals surface area (Å²) in [6.45, 7) is 4.25. The van der Waals surface area contributed by atoms with Crippen LogP contribution in [0.1, 0.15) is 24.2 Å². The third-order valence-corrected chi connectivity index (χ3v) is 3.28. The molecule has 0 spiro atoms. The van der Waals surface area contributed by atoms with E-state index in [-0.39, 0.29) is 24.7 Å². The highest BCUT2D eigenvalue weighted by Gasteiger charge is 2.06. The summed E-state index contributed by atoms with van der Waals surface area (Å²) in [5.41, 5.74) is 1.69. The van der Waals surface area contributed by atoms with E-state index in [1.807, 2.05) is 26.0 Å². The summed E-state index contributed by atoms with van der Waals surface area (Å²) in [7, 11) is 0. The molecule has 26 heavy (non-hydrogen) atoms. The number of allylic oxidation sites excluding steroid dienone is 1. The Labute approximate surface area is 152 Å². The van der Waals surface area contributed by atoms with E-state index in [9.17, 15) is 9.59 Å². The molecule has 0 saturated heterocycles. The first-order valence-corrected chi connectivity index (χ1v) is 8.09. The number of carboxylic acids is 1. The van der Waals surface area contributed by atoms with Crippen molar-refractivity contribution in [1.82, 2.24) is 0 Å². The first-order chi connectivity index (χ1) is 12.5. The maximum absolute atomic E-state index is 11.9. The molecule has 0 unspecified atom stereocenters. The molecule has 136 valence electrons. The summed E-state index contributed by atoms with van der Waals surface area (Å²) in [5.74, 6) is -0.0842. The van der Waals surface area contributed by atoms with E-state index >= 15 is 0 Å². The van der Waals surface area contributed by atoms with Gasteiger partial charge in [0.1, 0.15) is 24.7 Å². The first kappa shape index (κ1) is 19.1. The largest absolute Gasteiger partial charge is 0.490 e. The van der Waals surface area contributed by atoms with Gasteiger partial charge in [-0.05, 0) is 50.2 Å². The molecule has 0 bridgehead atoms. The van der Waals surface area contributed by atoms with Crippen LogP contribution in [-0.2, 0) is 4.79 Å². The van der Waals surface area contributed by atoms with Crippen molar-refractivity contribution in [2.75, 3.05) is 18.5 Å². The zero-order valence-electron chi connectivity index (χ0n) is 14.7. The third kappa shape index (κ3) is 5.98. The lowest BCUT2D eigenvalue weighted by Gasteiger charge is -2.12. The predicted octanol–water partition coefficient (Wildman–Crippen LogP) is 3.75. The van der Waals surface area contributed by atoms with Crippen LogP contribution in [0, 0.1) is 0 Å². The minimum Gasteiger partial charge on any atom is -0.490 e. The van der Waals surface area contributed by atoms with Crippen LogP contribution in [0.3, 0.4) is 0 Å². The maximum atomic E-state index is 11.9. The monoisotopic (exact) mass is 355 g/mol. The number of ether oxygens (including phenoxy) is 2. The van der Waals surface area contributed by atoms with E-state index < -0.39 is 5.97 Å². The molecule has 0 saturated carbocycles. The highest BCUT2D eigenvalue weighted by Crippen LogP contribution is 2.23. The van der Waals surface area contributed by atoms with Crippen molar-refractivity contribution in [1.29, 1.82) is 0 Å². The second-order valence-corrected chi connectivity index (χ2v) is 5.73. The highest BCUT2D eigenvalue weighted by molar-refractivity contribution is 6.00. The van der Waals surface area contributed by atoms with Crippen molar-refractivity contribution in [2.24, 2.45) is 0 Å². The first-order valence-electron chi connectivity index (χ1n) is 8.09. The van der Waals surface area contributed by atoms with Crippen LogP contribution in [-0.4, -0.2) is 30.2 Å². The Morgan fingerprint density at radius 1 is 1.00 bits per heavy atom. The molecule has 6 nitrogen and oxygen atoms in total. The van der Waals surface area contributed by atoms with Crippen LogP contribution in [0.4, 0.5) is 5.69 Å². The van der Waals surface area contributed by atoms with Crippen LogP contribution in [0.25, 0.3) is 0 Å². The van der Waals surface area contributed by atoms with Crippen LogP contribution in [0.15, 0.2) is 60.2 Å². The van der Waals surface area contributed by atoms with Crippen LogP contribution in [0.5, 0.6) is 11.5 Å². The van der Waals surface area contributed by atoms with Gasteiger partial charge in [0.15, 0.2) is 0 Å². The zero-order valence-corrected chi connectivity index (χ0v) is 14.7. The van der Waals surface area contributed by atoms with Gasteiger partial charge in [-0.25, -0.2) is 4.79 Å². The van der Waals surface area contributed by atoms with Gasteiger partial charge >= 0.3 is 5.97 Å². The van der Waals surface area contributed by atoms with Crippen molar-refractivity contribution in [3.05, 3.63) is 65.7 Å². The van der Waals surface area contributed by atoms with Gasteiger partial charge in [0.2, 0.25) is 5.91 Å². The van der Waals surface area contributed by atoms with Gasteiger partial charge in [-0.2, -0.15) is 0 Å². The average molecular weight is 355 g/mol. The second-order valence-electron chi connectivity index (χ2n) is 5.73. The number of aromatic carboxylic acids is 1. The Balaban J connectivity index is 1.86. The van der Waals surface area contributed by atoms with Crippen LogP contribution >= 0.6 is 0 Å². The van der Waals surface area contributed by atoms with Crippen molar-refractivity contribution in [3.63, 3.8) is 0 Å². The fourth-order valence-corrected chi connectivity index (χ4v) is 2.13. The predicted molar refractivity (Wildman–Crippen MR) is 98.9 cm³/mol. The molecule has 0 aliphatic carbocycles. The van der Waals surface area contributed by atoms with E-state index in [2.05, 4.69) is 5.32 Å². The minimum atomic E-state index is -0.980. The summed E-state index contributed by atoms with van der Waals surface area (Å²) in [6.07, 6.45) is 1.51. The molecule has 2 aromatic carbocycles. The maximum Gasteiger partial charge on any atom is 0.335 e. The van der Waals surface area contributed by atoms with E-state index in [0.29, 0.717) is 17.2 Å². The zero-order chi connectivity index (χ0) is 18.9. The fourth-order valence-electron chi connectivity index (χ4n) is 2.13. The molecule has 2 N–H and O–H groups in total. The Hall–Kier alpha value is -3.28. The number of carbonyl (C=O) groups excluding carboxylic acids is 1. The van der Waals surface area contributed by atoms with Crippen LogP contribution in [0.2, 0.25) is 0 Å². The van der Waals surface area contributed by atoms with Gasteiger partial charge in [-0.3, -0.25) is 4.79 Å². The van der Waals surface area contributed by atoms with Crippen molar-refractivity contribution >= 4 is 17.6 Å². The van der Waals surface area contributed by atoms with Gasteiger partial charge in [-0.15, -0.1) is 0 Å². The molecule has 0 aliphatic rings. The lowest BCUT2D eigenvalue weighted by Crippen LogP contribution is -2.13. The lowest BCUT2D eigenvalue weighted by atomic mass is 10.2. The van der Waals surface area contributed by atoms with Crippen molar-refractivity contribution < 1.29 is 24.2 Å². The number of carbonyl (C=O) groups is 2. The fraction of sp³-hybridized carbons (Fsp3) is 0.200. The molecule has 0 fully saturated rings. The number of hydrogen-bond acceptors (Lipinski definition) is 4.